The second-order valence-electron chi connectivity index (χ2n) is 1.94. The Morgan fingerprint density at radius 2 is 2.30 bits per heavy atom. The fourth-order valence-electron chi connectivity index (χ4n) is 0.455. The molecule has 0 aromatic heterocycles. The van der Waals surface area contributed by atoms with Gasteiger partial charge in [-0.15, -0.1) is 11.6 Å². The third-order valence-electron chi connectivity index (χ3n) is 1.17. The van der Waals surface area contributed by atoms with E-state index in [1.807, 2.05) is 0 Å². The molecule has 0 aliphatic carbocycles. The number of likely N-dealkylation sites (N-methyl/N-ethyl adjacent to an activating group) is 1. The third-order valence-corrected chi connectivity index (χ3v) is 1.40. The van der Waals surface area contributed by atoms with Crippen LogP contribution in [0.2, 0.25) is 0 Å². The number of amides is 1. The second kappa shape index (κ2) is 5.50. The summed E-state index contributed by atoms with van der Waals surface area (Å²) in [6, 6.07) is 0. The minimum absolute atomic E-state index is 0.0419. The molecule has 0 bridgehead atoms. The highest BCUT2D eigenvalue weighted by molar-refractivity contribution is 6.27. The van der Waals surface area contributed by atoms with Crippen LogP contribution >= 0.6 is 11.6 Å². The van der Waals surface area contributed by atoms with Crippen LogP contribution in [0.3, 0.4) is 0 Å². The molecule has 0 aromatic carbocycles. The van der Waals surface area contributed by atoms with E-state index in [4.69, 9.17) is 16.3 Å². The molecule has 3 nitrogen and oxygen atoms in total. The molecule has 1 amide bonds. The Hall–Kier alpha value is -0.280. The highest BCUT2D eigenvalue weighted by atomic mass is 35.5. The number of carbonyl (C=O) groups excluding carboxylic acids is 1. The summed E-state index contributed by atoms with van der Waals surface area (Å²) in [5, 5.41) is 0. The summed E-state index contributed by atoms with van der Waals surface area (Å²) in [5.74, 6) is -0.0288. The summed E-state index contributed by atoms with van der Waals surface area (Å²) < 4.78 is 4.77. The maximum Gasteiger partial charge on any atom is 0.237 e. The first kappa shape index (κ1) is 9.72. The SMILES string of the molecule is COCCN(C)C(=O)CCl. The average molecular weight is 166 g/mol. The van der Waals surface area contributed by atoms with Gasteiger partial charge in [0.2, 0.25) is 5.91 Å². The molecule has 4 heteroatoms. The van der Waals surface area contributed by atoms with Crippen molar-refractivity contribution in [3.8, 4) is 0 Å². The lowest BCUT2D eigenvalue weighted by atomic mass is 10.5. The smallest absolute Gasteiger partial charge is 0.237 e. The van der Waals surface area contributed by atoms with E-state index < -0.39 is 0 Å². The maximum atomic E-state index is 10.8. The zero-order valence-corrected chi connectivity index (χ0v) is 7.02. The number of nitrogens with zero attached hydrogens (tertiary/aromatic N) is 1. The number of ether oxygens (including phenoxy) is 1. The van der Waals surface area contributed by atoms with Gasteiger partial charge in [-0.05, 0) is 0 Å². The maximum absolute atomic E-state index is 10.8. The number of alkyl halides is 1. The Balaban J connectivity index is 3.41. The summed E-state index contributed by atoms with van der Waals surface area (Å²) in [4.78, 5) is 12.3. The molecule has 0 spiro atoms. The highest BCUT2D eigenvalue weighted by Gasteiger charge is 2.04. The van der Waals surface area contributed by atoms with Crippen molar-refractivity contribution >= 4 is 17.5 Å². The number of hydrogen-bond donors (Lipinski definition) is 0. The van der Waals surface area contributed by atoms with Crippen molar-refractivity contribution in [3.05, 3.63) is 0 Å². The minimum Gasteiger partial charge on any atom is -0.383 e. The fourth-order valence-corrected chi connectivity index (χ4v) is 0.659. The third kappa shape index (κ3) is 3.69. The Morgan fingerprint density at radius 3 is 2.70 bits per heavy atom. The van der Waals surface area contributed by atoms with Gasteiger partial charge in [-0.2, -0.15) is 0 Å². The molecule has 0 saturated heterocycles. The average Bonchev–Trinajstić information content (AvgIpc) is 1.98. The normalized spacial score (nSPS) is 9.50. The van der Waals surface area contributed by atoms with Gasteiger partial charge >= 0.3 is 0 Å². The standard InChI is InChI=1S/C6H12ClNO2/c1-8(3-4-10-2)6(9)5-7/h3-5H2,1-2H3. The zero-order chi connectivity index (χ0) is 7.98. The first-order chi connectivity index (χ1) is 4.72. The Kier molecular flexibility index (Phi) is 5.35. The number of halogens is 1. The van der Waals surface area contributed by atoms with Gasteiger partial charge in [-0.25, -0.2) is 0 Å². The van der Waals surface area contributed by atoms with Crippen LogP contribution in [0.15, 0.2) is 0 Å². The molecule has 0 N–H and O–H groups in total. The Bertz CT molecular complexity index is 108. The molecule has 0 aliphatic rings. The Labute approximate surface area is 65.9 Å². The summed E-state index contributed by atoms with van der Waals surface area (Å²) in [6.45, 7) is 1.15. The highest BCUT2D eigenvalue weighted by Crippen LogP contribution is 1.86. The van der Waals surface area contributed by atoms with Gasteiger partial charge in [-0.1, -0.05) is 0 Å². The van der Waals surface area contributed by atoms with Gasteiger partial charge in [0.15, 0.2) is 0 Å². The van der Waals surface area contributed by atoms with Crippen molar-refractivity contribution in [2.24, 2.45) is 0 Å². The molecule has 0 saturated carbocycles. The van der Waals surface area contributed by atoms with E-state index in [0.29, 0.717) is 13.2 Å². The van der Waals surface area contributed by atoms with Crippen molar-refractivity contribution in [1.82, 2.24) is 4.90 Å². The van der Waals surface area contributed by atoms with Crippen LogP contribution in [0.4, 0.5) is 0 Å². The number of methoxy groups -OCH3 is 1. The monoisotopic (exact) mass is 165 g/mol. The molecule has 0 aliphatic heterocycles. The van der Waals surface area contributed by atoms with Crippen LogP contribution in [-0.4, -0.2) is 44.0 Å². The van der Waals surface area contributed by atoms with Crippen molar-refractivity contribution in [2.45, 2.75) is 0 Å². The van der Waals surface area contributed by atoms with E-state index in [1.165, 1.54) is 4.90 Å². The van der Waals surface area contributed by atoms with Crippen LogP contribution in [0.1, 0.15) is 0 Å². The van der Waals surface area contributed by atoms with Crippen LogP contribution in [0.5, 0.6) is 0 Å². The van der Waals surface area contributed by atoms with Crippen LogP contribution < -0.4 is 0 Å². The molecule has 0 unspecified atom stereocenters. The first-order valence-electron chi connectivity index (χ1n) is 3.01. The summed E-state index contributed by atoms with van der Waals surface area (Å²) >= 11 is 5.29. The van der Waals surface area contributed by atoms with E-state index in [1.54, 1.807) is 14.2 Å². The molecular weight excluding hydrogens is 154 g/mol. The molecule has 0 heterocycles. The molecule has 0 atom stereocenters. The molecule has 60 valence electrons. The van der Waals surface area contributed by atoms with E-state index in [-0.39, 0.29) is 11.8 Å². The van der Waals surface area contributed by atoms with Gasteiger partial charge in [0.05, 0.1) is 6.61 Å². The topological polar surface area (TPSA) is 29.5 Å². The van der Waals surface area contributed by atoms with Crippen molar-refractivity contribution in [1.29, 1.82) is 0 Å². The summed E-state index contributed by atoms with van der Waals surface area (Å²) in [7, 11) is 3.29. The zero-order valence-electron chi connectivity index (χ0n) is 6.26. The molecule has 0 rings (SSSR count). The molecular formula is C6H12ClNO2. The van der Waals surface area contributed by atoms with Gasteiger partial charge < -0.3 is 9.64 Å². The van der Waals surface area contributed by atoms with E-state index in [0.717, 1.165) is 0 Å². The predicted octanol–water partition coefficient (Wildman–Crippen LogP) is 0.330. The van der Waals surface area contributed by atoms with E-state index in [2.05, 4.69) is 0 Å². The predicted molar refractivity (Wildman–Crippen MR) is 40.2 cm³/mol. The van der Waals surface area contributed by atoms with Gasteiger partial charge in [0.1, 0.15) is 5.88 Å². The van der Waals surface area contributed by atoms with E-state index >= 15 is 0 Å². The lowest BCUT2D eigenvalue weighted by Gasteiger charge is -2.14. The Morgan fingerprint density at radius 1 is 1.70 bits per heavy atom. The van der Waals surface area contributed by atoms with Crippen molar-refractivity contribution in [2.75, 3.05) is 33.2 Å². The first-order valence-corrected chi connectivity index (χ1v) is 3.54. The van der Waals surface area contributed by atoms with Crippen LogP contribution in [-0.2, 0) is 9.53 Å². The largest absolute Gasteiger partial charge is 0.383 e. The lowest BCUT2D eigenvalue weighted by molar-refractivity contribution is -0.127. The summed E-state index contributed by atoms with van der Waals surface area (Å²) in [5.41, 5.74) is 0. The number of hydrogen-bond acceptors (Lipinski definition) is 2. The van der Waals surface area contributed by atoms with Gasteiger partial charge in [-0.3, -0.25) is 4.79 Å². The van der Waals surface area contributed by atoms with Gasteiger partial charge in [0, 0.05) is 20.7 Å². The van der Waals surface area contributed by atoms with Crippen LogP contribution in [0.25, 0.3) is 0 Å². The number of carbonyl (C=O) groups is 1. The number of rotatable bonds is 4. The fraction of sp³-hybridized carbons (Fsp3) is 0.833. The van der Waals surface area contributed by atoms with Gasteiger partial charge in [0.25, 0.3) is 0 Å². The molecule has 10 heavy (non-hydrogen) atoms. The minimum atomic E-state index is -0.0706. The summed E-state index contributed by atoms with van der Waals surface area (Å²) in [6.07, 6.45) is 0. The second-order valence-corrected chi connectivity index (χ2v) is 2.21. The molecule has 0 aromatic rings. The van der Waals surface area contributed by atoms with E-state index in [9.17, 15) is 4.79 Å². The van der Waals surface area contributed by atoms with Crippen molar-refractivity contribution < 1.29 is 9.53 Å². The van der Waals surface area contributed by atoms with Crippen molar-refractivity contribution in [3.63, 3.8) is 0 Å². The van der Waals surface area contributed by atoms with Crippen LogP contribution in [0, 0.1) is 0 Å². The quantitative estimate of drug-likeness (QED) is 0.562. The molecule has 0 fully saturated rings. The molecule has 0 radical (unpaired) electrons. The lowest BCUT2D eigenvalue weighted by Crippen LogP contribution is -2.30.